The molecule has 12 nitrogen and oxygen atoms in total. The Labute approximate surface area is 316 Å². The van der Waals surface area contributed by atoms with Gasteiger partial charge in [0.25, 0.3) is 12.3 Å². The molecule has 56 heavy (non-hydrogen) atoms. The van der Waals surface area contributed by atoms with Crippen LogP contribution in [-0.4, -0.2) is 72.2 Å². The Bertz CT molecular complexity index is 2120. The van der Waals surface area contributed by atoms with E-state index in [4.69, 9.17) is 21.7 Å². The SMILES string of the molecule is CC(C)(C[C@]1(c2ccc(-c3ccn(C(F)F)n3)cc2)NC(=N)N([C@H](COC(=O)NC2(C(F)F)CC2)c2ccc(Cl)c(-c3ncnn3C(F)F)c2)C1=O)C(F)(F)F. The van der Waals surface area contributed by atoms with E-state index in [1.54, 1.807) is 0 Å². The van der Waals surface area contributed by atoms with Gasteiger partial charge in [-0.15, -0.1) is 0 Å². The molecule has 4 aromatic rings. The van der Waals surface area contributed by atoms with Gasteiger partial charge in [-0.25, -0.2) is 23.2 Å². The molecule has 1 aliphatic heterocycles. The van der Waals surface area contributed by atoms with Crippen LogP contribution in [0.2, 0.25) is 5.02 Å². The Hall–Kier alpha value is -5.34. The van der Waals surface area contributed by atoms with Crippen molar-refractivity contribution in [3.8, 4) is 22.6 Å². The molecule has 0 radical (unpaired) electrons. The zero-order valence-electron chi connectivity index (χ0n) is 29.1. The first kappa shape index (κ1) is 40.3. The molecule has 1 saturated carbocycles. The van der Waals surface area contributed by atoms with E-state index in [-0.39, 0.29) is 50.5 Å². The van der Waals surface area contributed by atoms with E-state index in [1.807, 2.05) is 0 Å². The average molecular weight is 820 g/mol. The van der Waals surface area contributed by atoms with Crippen LogP contribution in [-0.2, 0) is 15.1 Å². The summed E-state index contributed by atoms with van der Waals surface area (Å²) in [7, 11) is 0. The van der Waals surface area contributed by atoms with Crippen LogP contribution >= 0.6 is 11.6 Å². The second-order valence-electron chi connectivity index (χ2n) is 13.9. The van der Waals surface area contributed by atoms with E-state index < -0.39 is 85.0 Å². The minimum Gasteiger partial charge on any atom is -0.447 e. The normalized spacial score (nSPS) is 18.9. The molecule has 2 aromatic heterocycles. The molecule has 2 aromatic carbocycles. The Morgan fingerprint density at radius 2 is 1.71 bits per heavy atom. The van der Waals surface area contributed by atoms with Gasteiger partial charge in [0.1, 0.15) is 24.0 Å². The number of hydrogen-bond donors (Lipinski definition) is 3. The van der Waals surface area contributed by atoms with Gasteiger partial charge >= 0.3 is 25.4 Å². The van der Waals surface area contributed by atoms with E-state index >= 15 is 0 Å². The number of carbonyl (C=O) groups excluding carboxylic acids is 2. The molecule has 3 heterocycles. The number of alkyl carbamates (subject to hydrolysis) is 1. The summed E-state index contributed by atoms with van der Waals surface area (Å²) in [6.07, 6.45) is -8.45. The molecule has 3 N–H and O–H groups in total. The topological polar surface area (TPSA) is 143 Å². The van der Waals surface area contributed by atoms with Crippen molar-refractivity contribution in [2.45, 2.75) is 75.9 Å². The first-order chi connectivity index (χ1) is 26.2. The van der Waals surface area contributed by atoms with Crippen LogP contribution in [0.4, 0.5) is 44.3 Å². The second kappa shape index (κ2) is 14.6. The Morgan fingerprint density at radius 3 is 2.29 bits per heavy atom. The van der Waals surface area contributed by atoms with Crippen LogP contribution in [0, 0.1) is 10.8 Å². The number of halogens is 10. The number of rotatable bonds is 13. The van der Waals surface area contributed by atoms with E-state index in [0.29, 0.717) is 9.58 Å². The van der Waals surface area contributed by atoms with Crippen molar-refractivity contribution in [2.75, 3.05) is 6.61 Å². The third-order valence-electron chi connectivity index (χ3n) is 9.73. The monoisotopic (exact) mass is 819 g/mol. The van der Waals surface area contributed by atoms with Gasteiger partial charge in [0.15, 0.2) is 11.8 Å². The Morgan fingerprint density at radius 1 is 1.04 bits per heavy atom. The van der Waals surface area contributed by atoms with Crippen molar-refractivity contribution in [3.05, 3.63) is 77.2 Å². The Balaban J connectivity index is 1.43. The maximum atomic E-state index is 14.8. The summed E-state index contributed by atoms with van der Waals surface area (Å²) >= 11 is 6.36. The molecule has 2 amide bonds. The number of hydrogen-bond acceptors (Lipinski definition) is 7. The van der Waals surface area contributed by atoms with Gasteiger partial charge in [-0.1, -0.05) is 55.8 Å². The third-order valence-corrected chi connectivity index (χ3v) is 10.1. The maximum absolute atomic E-state index is 14.8. The molecule has 0 spiro atoms. The van der Waals surface area contributed by atoms with Crippen LogP contribution in [0.3, 0.4) is 0 Å². The highest BCUT2D eigenvalue weighted by Gasteiger charge is 2.60. The fourth-order valence-electron chi connectivity index (χ4n) is 6.38. The molecule has 0 bridgehead atoms. The van der Waals surface area contributed by atoms with E-state index in [1.165, 1.54) is 48.5 Å². The fraction of sp³-hybridized carbons (Fsp3) is 0.412. The van der Waals surface area contributed by atoms with Gasteiger partial charge < -0.3 is 15.4 Å². The summed E-state index contributed by atoms with van der Waals surface area (Å²) in [5, 5.41) is 20.8. The molecule has 22 heteroatoms. The van der Waals surface area contributed by atoms with Crippen LogP contribution in [0.5, 0.6) is 0 Å². The van der Waals surface area contributed by atoms with Crippen LogP contribution in [0.1, 0.15) is 63.4 Å². The number of nitrogens with one attached hydrogen (secondary N) is 3. The zero-order valence-corrected chi connectivity index (χ0v) is 29.9. The smallest absolute Gasteiger partial charge is 0.407 e. The van der Waals surface area contributed by atoms with Gasteiger partial charge in [-0.05, 0) is 48.6 Å². The molecule has 2 fully saturated rings. The zero-order chi connectivity index (χ0) is 41.0. The molecule has 2 atom stereocenters. The predicted octanol–water partition coefficient (Wildman–Crippen LogP) is 8.06. The van der Waals surface area contributed by atoms with E-state index in [2.05, 4.69) is 25.8 Å². The van der Waals surface area contributed by atoms with Crippen molar-refractivity contribution in [2.24, 2.45) is 5.41 Å². The van der Waals surface area contributed by atoms with Crippen molar-refractivity contribution in [1.82, 2.24) is 40.1 Å². The largest absolute Gasteiger partial charge is 0.447 e. The maximum Gasteiger partial charge on any atom is 0.407 e. The number of carbonyl (C=O) groups is 2. The minimum absolute atomic E-state index is 0.0493. The molecule has 1 saturated heterocycles. The summed E-state index contributed by atoms with van der Waals surface area (Å²) < 4.78 is 131. The highest BCUT2D eigenvalue weighted by Crippen LogP contribution is 2.49. The second-order valence-corrected chi connectivity index (χ2v) is 14.3. The highest BCUT2D eigenvalue weighted by atomic mass is 35.5. The summed E-state index contributed by atoms with van der Waals surface area (Å²) in [6.45, 7) is -5.33. The van der Waals surface area contributed by atoms with E-state index in [9.17, 15) is 49.1 Å². The lowest BCUT2D eigenvalue weighted by Crippen LogP contribution is -2.50. The average Bonchev–Trinajstić information content (AvgIpc) is 3.42. The van der Waals surface area contributed by atoms with Gasteiger partial charge in [0.05, 0.1) is 22.2 Å². The van der Waals surface area contributed by atoms with Gasteiger partial charge in [0, 0.05) is 17.3 Å². The molecular formula is C34H31ClF9N9O3. The van der Waals surface area contributed by atoms with Gasteiger partial charge in [0.2, 0.25) is 0 Å². The molecule has 0 unspecified atom stereocenters. The number of alkyl halides is 9. The number of guanidine groups is 1. The van der Waals surface area contributed by atoms with Crippen LogP contribution in [0.25, 0.3) is 22.6 Å². The number of aromatic nitrogens is 5. The minimum atomic E-state index is -4.89. The molecule has 1 aliphatic carbocycles. The first-order valence-electron chi connectivity index (χ1n) is 16.6. The predicted molar refractivity (Wildman–Crippen MR) is 180 cm³/mol. The number of ether oxygens (including phenoxy) is 1. The number of nitrogens with zero attached hydrogens (tertiary/aromatic N) is 6. The number of benzene rings is 2. The lowest BCUT2D eigenvalue weighted by Gasteiger charge is -2.37. The van der Waals surface area contributed by atoms with E-state index in [0.717, 1.165) is 26.4 Å². The van der Waals surface area contributed by atoms with Crippen molar-refractivity contribution in [3.63, 3.8) is 0 Å². The summed E-state index contributed by atoms with van der Waals surface area (Å²) in [6, 6.07) is 8.53. The molecule has 300 valence electrons. The van der Waals surface area contributed by atoms with Crippen LogP contribution < -0.4 is 10.6 Å². The van der Waals surface area contributed by atoms with Gasteiger partial charge in [-0.3, -0.25) is 15.1 Å². The lowest BCUT2D eigenvalue weighted by atomic mass is 9.74. The Kier molecular flexibility index (Phi) is 10.5. The lowest BCUT2D eigenvalue weighted by molar-refractivity contribution is -0.218. The number of amides is 2. The van der Waals surface area contributed by atoms with Crippen molar-refractivity contribution < 1.29 is 53.8 Å². The summed E-state index contributed by atoms with van der Waals surface area (Å²) in [5.41, 5.74) is -6.76. The summed E-state index contributed by atoms with van der Waals surface area (Å²) in [5.74, 6) is -2.36. The molecular weight excluding hydrogens is 789 g/mol. The third kappa shape index (κ3) is 7.47. The van der Waals surface area contributed by atoms with Crippen LogP contribution in [0.15, 0.2) is 61.1 Å². The van der Waals surface area contributed by atoms with Crippen molar-refractivity contribution in [1.29, 1.82) is 5.41 Å². The van der Waals surface area contributed by atoms with Crippen molar-refractivity contribution >= 4 is 29.6 Å². The molecule has 2 aliphatic rings. The quantitative estimate of drug-likeness (QED) is 0.116. The first-order valence-corrected chi connectivity index (χ1v) is 17.0. The fourth-order valence-corrected chi connectivity index (χ4v) is 6.58. The standard InChI is InChI=1S/C34H31ClF9N9O3/c1-31(2,34(42,43)44)15-33(19-6-3-17(4-7-19)22-9-12-51(50-22)27(38)39)26(54)52(29(45)48-33)23(14-56-30(55)49-32(10-11-32)25(36)37)18-5-8-21(35)20(13-18)24-46-16-47-53(24)28(40)41/h3-9,12-13,16,23,25,27-28H,10-11,14-15H2,1-2H3,(H2,45,48)(H,49,55)/t23-,33-/m1/s1. The van der Waals surface area contributed by atoms with Gasteiger partial charge in [-0.2, -0.15) is 45.6 Å². The summed E-state index contributed by atoms with van der Waals surface area (Å²) in [4.78, 5) is 32.2. The molecule has 6 rings (SSSR count). The highest BCUT2D eigenvalue weighted by molar-refractivity contribution is 6.33.